The lowest BCUT2D eigenvalue weighted by molar-refractivity contribution is -0.120. The topological polar surface area (TPSA) is 40.9 Å². The molecule has 0 aromatic rings. The van der Waals surface area contributed by atoms with Crippen molar-refractivity contribution in [2.24, 2.45) is 5.92 Å². The van der Waals surface area contributed by atoms with Gasteiger partial charge in [-0.05, 0) is 6.42 Å². The summed E-state index contributed by atoms with van der Waals surface area (Å²) in [6.45, 7) is 0. The Morgan fingerprint density at radius 2 is 2.56 bits per heavy atom. The van der Waals surface area contributed by atoms with Crippen molar-refractivity contribution < 1.29 is 4.79 Å². The van der Waals surface area contributed by atoms with Gasteiger partial charge in [0.15, 0.2) is 5.78 Å². The summed E-state index contributed by atoms with van der Waals surface area (Å²) < 4.78 is 0. The van der Waals surface area contributed by atoms with E-state index in [0.717, 1.165) is 6.42 Å². The first-order valence-corrected chi connectivity index (χ1v) is 2.93. The fourth-order valence-corrected chi connectivity index (χ4v) is 0.836. The molecule has 0 aromatic heterocycles. The molecule has 46 valence electrons. The van der Waals surface area contributed by atoms with Gasteiger partial charge in [-0.25, -0.2) is 0 Å². The van der Waals surface area contributed by atoms with Crippen molar-refractivity contribution in [1.29, 1.82) is 5.26 Å². The normalized spacial score (nSPS) is 25.7. The first kappa shape index (κ1) is 6.03. The second-order valence-electron chi connectivity index (χ2n) is 2.04. The van der Waals surface area contributed by atoms with Crippen LogP contribution in [0.5, 0.6) is 0 Å². The van der Waals surface area contributed by atoms with Crippen molar-refractivity contribution in [2.45, 2.75) is 12.8 Å². The first-order valence-electron chi connectivity index (χ1n) is 2.93. The van der Waals surface area contributed by atoms with Gasteiger partial charge in [0.2, 0.25) is 0 Å². The second-order valence-corrected chi connectivity index (χ2v) is 2.04. The Kier molecular flexibility index (Phi) is 1.64. The van der Waals surface area contributed by atoms with Gasteiger partial charge in [-0.15, -0.1) is 0 Å². The molecule has 0 fully saturated rings. The molecule has 2 nitrogen and oxygen atoms in total. The van der Waals surface area contributed by atoms with E-state index in [1.165, 1.54) is 0 Å². The van der Waals surface area contributed by atoms with Crippen LogP contribution < -0.4 is 0 Å². The average molecular weight is 121 g/mol. The van der Waals surface area contributed by atoms with Gasteiger partial charge < -0.3 is 0 Å². The monoisotopic (exact) mass is 121 g/mol. The van der Waals surface area contributed by atoms with Crippen LogP contribution in [0.2, 0.25) is 0 Å². The van der Waals surface area contributed by atoms with Crippen LogP contribution in [0.1, 0.15) is 12.8 Å². The maximum absolute atomic E-state index is 10.8. The second kappa shape index (κ2) is 2.45. The zero-order chi connectivity index (χ0) is 6.69. The molecule has 2 heteroatoms. The summed E-state index contributed by atoms with van der Waals surface area (Å²) >= 11 is 0. The Morgan fingerprint density at radius 3 is 3.00 bits per heavy atom. The van der Waals surface area contributed by atoms with Crippen molar-refractivity contribution in [3.05, 3.63) is 12.2 Å². The molecule has 1 rings (SSSR count). The predicted octanol–water partition coefficient (Wildman–Crippen LogP) is 1.05. The number of ketones is 1. The van der Waals surface area contributed by atoms with Crippen molar-refractivity contribution in [3.8, 4) is 6.07 Å². The zero-order valence-electron chi connectivity index (χ0n) is 5.00. The molecule has 0 saturated heterocycles. The quantitative estimate of drug-likeness (QED) is 0.449. The molecule has 0 radical (unpaired) electrons. The van der Waals surface area contributed by atoms with E-state index in [1.54, 1.807) is 6.08 Å². The summed E-state index contributed by atoms with van der Waals surface area (Å²) in [7, 11) is 0. The molecule has 0 amide bonds. The summed E-state index contributed by atoms with van der Waals surface area (Å²) in [4.78, 5) is 10.8. The molecule has 1 atom stereocenters. The number of carbonyl (C=O) groups excluding carboxylic acids is 1. The Balaban J connectivity index is 2.71. The van der Waals surface area contributed by atoms with E-state index in [2.05, 4.69) is 0 Å². The van der Waals surface area contributed by atoms with E-state index in [9.17, 15) is 4.79 Å². The van der Waals surface area contributed by atoms with E-state index in [-0.39, 0.29) is 5.78 Å². The number of nitriles is 1. The summed E-state index contributed by atoms with van der Waals surface area (Å²) in [5.74, 6) is -0.404. The Bertz CT molecular complexity index is 188. The van der Waals surface area contributed by atoms with Crippen LogP contribution in [0, 0.1) is 17.2 Å². The number of carbonyl (C=O) groups is 1. The summed E-state index contributed by atoms with van der Waals surface area (Å²) in [6.07, 6.45) is 4.90. The molecular formula is C7H7NO. The first-order chi connectivity index (χ1) is 4.34. The number of allylic oxidation sites excluding steroid dienone is 2. The smallest absolute Gasteiger partial charge is 0.154 e. The van der Waals surface area contributed by atoms with Crippen LogP contribution in [-0.4, -0.2) is 5.78 Å². The van der Waals surface area contributed by atoms with Crippen LogP contribution in [-0.2, 0) is 4.79 Å². The van der Waals surface area contributed by atoms with Gasteiger partial charge in [0.05, 0.1) is 6.07 Å². The standard InChI is InChI=1S/C7H7NO/c8-5-6-3-1-2-4-7(6)9/h1,3,6H,2,4H2. The Hall–Kier alpha value is -1.10. The van der Waals surface area contributed by atoms with E-state index >= 15 is 0 Å². The van der Waals surface area contributed by atoms with Crippen molar-refractivity contribution in [1.82, 2.24) is 0 Å². The molecule has 1 aliphatic carbocycles. The van der Waals surface area contributed by atoms with Crippen molar-refractivity contribution in [2.75, 3.05) is 0 Å². The van der Waals surface area contributed by atoms with Gasteiger partial charge in [-0.1, -0.05) is 12.2 Å². The third kappa shape index (κ3) is 1.17. The average Bonchev–Trinajstić information content (AvgIpc) is 1.89. The van der Waals surface area contributed by atoms with Gasteiger partial charge in [0.1, 0.15) is 5.92 Å². The van der Waals surface area contributed by atoms with E-state index < -0.39 is 5.92 Å². The molecule has 1 unspecified atom stereocenters. The lowest BCUT2D eigenvalue weighted by Crippen LogP contribution is -2.12. The minimum absolute atomic E-state index is 0.0556. The number of Topliss-reactive ketones (excluding diaryl/α,β-unsaturated/α-hetero) is 1. The molecule has 0 heterocycles. The van der Waals surface area contributed by atoms with Crippen LogP contribution in [0.4, 0.5) is 0 Å². The molecule has 0 aromatic carbocycles. The lowest BCUT2D eigenvalue weighted by atomic mass is 9.96. The van der Waals surface area contributed by atoms with E-state index in [4.69, 9.17) is 5.26 Å². The Morgan fingerprint density at radius 1 is 1.78 bits per heavy atom. The molecular weight excluding hydrogens is 114 g/mol. The van der Waals surface area contributed by atoms with Gasteiger partial charge in [0, 0.05) is 6.42 Å². The van der Waals surface area contributed by atoms with Gasteiger partial charge >= 0.3 is 0 Å². The molecule has 0 bridgehead atoms. The third-order valence-electron chi connectivity index (χ3n) is 1.37. The van der Waals surface area contributed by atoms with Crippen LogP contribution >= 0.6 is 0 Å². The summed E-state index contributed by atoms with van der Waals surface area (Å²) in [6, 6.07) is 1.92. The number of rotatable bonds is 0. The molecule has 0 N–H and O–H groups in total. The van der Waals surface area contributed by atoms with E-state index in [1.807, 2.05) is 12.1 Å². The molecule has 9 heavy (non-hydrogen) atoms. The number of hydrogen-bond donors (Lipinski definition) is 0. The summed E-state index contributed by atoms with van der Waals surface area (Å²) in [5.41, 5.74) is 0. The third-order valence-corrected chi connectivity index (χ3v) is 1.37. The molecule has 1 aliphatic rings. The molecule has 0 spiro atoms. The lowest BCUT2D eigenvalue weighted by Gasteiger charge is -2.05. The highest BCUT2D eigenvalue weighted by molar-refractivity contribution is 5.86. The highest BCUT2D eigenvalue weighted by Crippen LogP contribution is 2.11. The van der Waals surface area contributed by atoms with Crippen LogP contribution in [0.15, 0.2) is 12.2 Å². The Labute approximate surface area is 53.8 Å². The SMILES string of the molecule is N#CC1C=CCCC1=O. The maximum Gasteiger partial charge on any atom is 0.154 e. The van der Waals surface area contributed by atoms with Gasteiger partial charge in [-0.3, -0.25) is 4.79 Å². The van der Waals surface area contributed by atoms with Gasteiger partial charge in [-0.2, -0.15) is 5.26 Å². The maximum atomic E-state index is 10.8. The predicted molar refractivity (Wildman–Crippen MR) is 32.5 cm³/mol. The minimum atomic E-state index is -0.459. The minimum Gasteiger partial charge on any atom is -0.298 e. The highest BCUT2D eigenvalue weighted by atomic mass is 16.1. The fourth-order valence-electron chi connectivity index (χ4n) is 0.836. The summed E-state index contributed by atoms with van der Waals surface area (Å²) in [5, 5.41) is 8.34. The van der Waals surface area contributed by atoms with Crippen molar-refractivity contribution >= 4 is 5.78 Å². The van der Waals surface area contributed by atoms with Crippen LogP contribution in [0.3, 0.4) is 0 Å². The fraction of sp³-hybridized carbons (Fsp3) is 0.429. The van der Waals surface area contributed by atoms with Crippen molar-refractivity contribution in [3.63, 3.8) is 0 Å². The van der Waals surface area contributed by atoms with Crippen LogP contribution in [0.25, 0.3) is 0 Å². The zero-order valence-corrected chi connectivity index (χ0v) is 5.00. The van der Waals surface area contributed by atoms with Gasteiger partial charge in [0.25, 0.3) is 0 Å². The number of hydrogen-bond acceptors (Lipinski definition) is 2. The number of nitrogens with zero attached hydrogens (tertiary/aromatic N) is 1. The molecule has 0 saturated carbocycles. The molecule has 0 aliphatic heterocycles. The highest BCUT2D eigenvalue weighted by Gasteiger charge is 2.15. The largest absolute Gasteiger partial charge is 0.298 e. The van der Waals surface area contributed by atoms with E-state index in [0.29, 0.717) is 6.42 Å².